The third-order valence-electron chi connectivity index (χ3n) is 3.37. The van der Waals surface area contributed by atoms with Crippen molar-refractivity contribution in [2.24, 2.45) is 17.6 Å². The van der Waals surface area contributed by atoms with E-state index in [9.17, 15) is 4.79 Å². The van der Waals surface area contributed by atoms with Crippen LogP contribution in [-0.2, 0) is 4.79 Å². The fourth-order valence-electron chi connectivity index (χ4n) is 2.15. The van der Waals surface area contributed by atoms with E-state index in [1.54, 1.807) is 18.3 Å². The SMILES string of the molecule is CC(C)C(CN)C(=O)Nc1ccc(Cl)c2cccnc12. The van der Waals surface area contributed by atoms with Crippen LogP contribution in [0.4, 0.5) is 5.69 Å². The molecular formula is C15H18ClN3O. The summed E-state index contributed by atoms with van der Waals surface area (Å²) in [6, 6.07) is 7.22. The van der Waals surface area contributed by atoms with Crippen LogP contribution in [0.2, 0.25) is 5.02 Å². The molecule has 1 heterocycles. The highest BCUT2D eigenvalue weighted by Gasteiger charge is 2.21. The Morgan fingerprint density at radius 1 is 1.40 bits per heavy atom. The summed E-state index contributed by atoms with van der Waals surface area (Å²) in [6.45, 7) is 4.28. The Kier molecular flexibility index (Phi) is 4.57. The number of anilines is 1. The molecule has 1 aromatic heterocycles. The van der Waals surface area contributed by atoms with Crippen LogP contribution in [0.3, 0.4) is 0 Å². The van der Waals surface area contributed by atoms with Crippen LogP contribution in [0.1, 0.15) is 13.8 Å². The fraction of sp³-hybridized carbons (Fsp3) is 0.333. The van der Waals surface area contributed by atoms with Crippen molar-refractivity contribution in [1.29, 1.82) is 0 Å². The predicted octanol–water partition coefficient (Wildman–Crippen LogP) is 3.06. The van der Waals surface area contributed by atoms with Gasteiger partial charge in [-0.15, -0.1) is 0 Å². The van der Waals surface area contributed by atoms with Gasteiger partial charge in [-0.25, -0.2) is 0 Å². The van der Waals surface area contributed by atoms with Gasteiger partial charge in [0, 0.05) is 18.1 Å². The maximum Gasteiger partial charge on any atom is 0.229 e. The van der Waals surface area contributed by atoms with Gasteiger partial charge in [-0.1, -0.05) is 25.4 Å². The number of pyridine rings is 1. The number of nitrogens with two attached hydrogens (primary N) is 1. The van der Waals surface area contributed by atoms with E-state index < -0.39 is 0 Å². The number of nitrogens with one attached hydrogen (secondary N) is 1. The van der Waals surface area contributed by atoms with Gasteiger partial charge in [0.25, 0.3) is 0 Å². The minimum atomic E-state index is -0.218. The van der Waals surface area contributed by atoms with E-state index in [-0.39, 0.29) is 17.7 Å². The summed E-state index contributed by atoms with van der Waals surface area (Å²) >= 11 is 6.13. The number of aromatic nitrogens is 1. The molecule has 0 aliphatic carbocycles. The lowest BCUT2D eigenvalue weighted by Crippen LogP contribution is -2.33. The number of benzene rings is 1. The molecule has 1 unspecified atom stereocenters. The van der Waals surface area contributed by atoms with Crippen molar-refractivity contribution in [2.45, 2.75) is 13.8 Å². The van der Waals surface area contributed by atoms with E-state index in [0.29, 0.717) is 22.8 Å². The summed E-state index contributed by atoms with van der Waals surface area (Å²) in [4.78, 5) is 16.6. The van der Waals surface area contributed by atoms with Gasteiger partial charge in [0.1, 0.15) is 0 Å². The Labute approximate surface area is 123 Å². The number of amides is 1. The van der Waals surface area contributed by atoms with E-state index >= 15 is 0 Å². The Morgan fingerprint density at radius 3 is 2.80 bits per heavy atom. The van der Waals surface area contributed by atoms with Crippen LogP contribution in [0.15, 0.2) is 30.5 Å². The van der Waals surface area contributed by atoms with E-state index in [1.165, 1.54) is 0 Å². The molecule has 0 spiro atoms. The predicted molar refractivity (Wildman–Crippen MR) is 82.8 cm³/mol. The summed E-state index contributed by atoms with van der Waals surface area (Å²) in [6.07, 6.45) is 1.68. The highest BCUT2D eigenvalue weighted by molar-refractivity contribution is 6.35. The molecule has 0 saturated heterocycles. The number of carbonyl (C=O) groups is 1. The zero-order valence-electron chi connectivity index (χ0n) is 11.6. The normalized spacial score (nSPS) is 12.7. The third kappa shape index (κ3) is 2.92. The monoisotopic (exact) mass is 291 g/mol. The minimum Gasteiger partial charge on any atom is -0.330 e. The van der Waals surface area contributed by atoms with Crippen molar-refractivity contribution < 1.29 is 4.79 Å². The summed E-state index contributed by atoms with van der Waals surface area (Å²) < 4.78 is 0. The quantitative estimate of drug-likeness (QED) is 0.910. The molecule has 0 radical (unpaired) electrons. The van der Waals surface area contributed by atoms with Gasteiger partial charge in [-0.2, -0.15) is 0 Å². The number of nitrogens with zero attached hydrogens (tertiary/aromatic N) is 1. The van der Waals surface area contributed by atoms with Gasteiger partial charge >= 0.3 is 0 Å². The van der Waals surface area contributed by atoms with E-state index in [2.05, 4.69) is 10.3 Å². The van der Waals surface area contributed by atoms with Crippen molar-refractivity contribution >= 4 is 34.1 Å². The number of fused-ring (bicyclic) bond motifs is 1. The number of rotatable bonds is 4. The second-order valence-electron chi connectivity index (χ2n) is 5.07. The highest BCUT2D eigenvalue weighted by atomic mass is 35.5. The second kappa shape index (κ2) is 6.20. The zero-order valence-corrected chi connectivity index (χ0v) is 12.3. The molecule has 0 saturated carbocycles. The molecular weight excluding hydrogens is 274 g/mol. The van der Waals surface area contributed by atoms with Gasteiger partial charge in [0.2, 0.25) is 5.91 Å². The van der Waals surface area contributed by atoms with Crippen LogP contribution in [0, 0.1) is 11.8 Å². The van der Waals surface area contributed by atoms with Crippen LogP contribution in [-0.4, -0.2) is 17.4 Å². The number of hydrogen-bond donors (Lipinski definition) is 2. The molecule has 3 N–H and O–H groups in total. The van der Waals surface area contributed by atoms with Crippen molar-refractivity contribution in [1.82, 2.24) is 4.98 Å². The van der Waals surface area contributed by atoms with Gasteiger partial charge < -0.3 is 11.1 Å². The van der Waals surface area contributed by atoms with Crippen molar-refractivity contribution in [3.8, 4) is 0 Å². The smallest absolute Gasteiger partial charge is 0.229 e. The maximum absolute atomic E-state index is 12.3. The Morgan fingerprint density at radius 2 is 2.15 bits per heavy atom. The van der Waals surface area contributed by atoms with Gasteiger partial charge in [0.15, 0.2) is 0 Å². The molecule has 0 aliphatic rings. The largest absolute Gasteiger partial charge is 0.330 e. The van der Waals surface area contributed by atoms with Crippen LogP contribution in [0.25, 0.3) is 10.9 Å². The summed E-state index contributed by atoms with van der Waals surface area (Å²) in [5.41, 5.74) is 7.02. The van der Waals surface area contributed by atoms with Crippen LogP contribution < -0.4 is 11.1 Å². The minimum absolute atomic E-state index is 0.0863. The molecule has 2 aromatic rings. The lowest BCUT2D eigenvalue weighted by molar-refractivity contribution is -0.120. The van der Waals surface area contributed by atoms with E-state index in [1.807, 2.05) is 26.0 Å². The summed E-state index contributed by atoms with van der Waals surface area (Å²) in [7, 11) is 0. The summed E-state index contributed by atoms with van der Waals surface area (Å²) in [5, 5.41) is 4.34. The Bertz CT molecular complexity index is 628. The first-order valence-corrected chi connectivity index (χ1v) is 6.96. The van der Waals surface area contributed by atoms with Crippen LogP contribution in [0.5, 0.6) is 0 Å². The maximum atomic E-state index is 12.3. The highest BCUT2D eigenvalue weighted by Crippen LogP contribution is 2.28. The Balaban J connectivity index is 2.35. The van der Waals surface area contributed by atoms with E-state index in [4.69, 9.17) is 17.3 Å². The number of halogens is 1. The Hall–Kier alpha value is -1.65. The van der Waals surface area contributed by atoms with Gasteiger partial charge in [0.05, 0.1) is 22.1 Å². The molecule has 4 nitrogen and oxygen atoms in total. The average Bonchev–Trinajstić information content (AvgIpc) is 2.42. The fourth-order valence-corrected chi connectivity index (χ4v) is 2.36. The molecule has 0 bridgehead atoms. The first kappa shape index (κ1) is 14.8. The van der Waals surface area contributed by atoms with Gasteiger partial charge in [-0.05, 0) is 30.2 Å². The van der Waals surface area contributed by atoms with Crippen molar-refractivity contribution in [2.75, 3.05) is 11.9 Å². The summed E-state index contributed by atoms with van der Waals surface area (Å²) in [5.74, 6) is -0.118. The molecule has 1 amide bonds. The lowest BCUT2D eigenvalue weighted by atomic mass is 9.95. The molecule has 5 heteroatoms. The first-order chi connectivity index (χ1) is 9.54. The van der Waals surface area contributed by atoms with E-state index in [0.717, 1.165) is 5.39 Å². The molecule has 106 valence electrons. The number of carbonyl (C=O) groups excluding carboxylic acids is 1. The molecule has 0 aliphatic heterocycles. The molecule has 2 rings (SSSR count). The molecule has 20 heavy (non-hydrogen) atoms. The zero-order chi connectivity index (χ0) is 14.7. The van der Waals surface area contributed by atoms with Crippen molar-refractivity contribution in [3.05, 3.63) is 35.5 Å². The number of hydrogen-bond acceptors (Lipinski definition) is 3. The third-order valence-corrected chi connectivity index (χ3v) is 3.70. The molecule has 1 atom stereocenters. The van der Waals surface area contributed by atoms with Crippen molar-refractivity contribution in [3.63, 3.8) is 0 Å². The first-order valence-electron chi connectivity index (χ1n) is 6.58. The van der Waals surface area contributed by atoms with Crippen LogP contribution >= 0.6 is 11.6 Å². The van der Waals surface area contributed by atoms with Gasteiger partial charge in [-0.3, -0.25) is 9.78 Å². The molecule has 0 fully saturated rings. The average molecular weight is 292 g/mol. The standard InChI is InChI=1S/C15H18ClN3O/c1-9(2)11(8-17)15(20)19-13-6-5-12(16)10-4-3-7-18-14(10)13/h3-7,9,11H,8,17H2,1-2H3,(H,19,20). The topological polar surface area (TPSA) is 68.0 Å². The second-order valence-corrected chi connectivity index (χ2v) is 5.48. The lowest BCUT2D eigenvalue weighted by Gasteiger charge is -2.18. The molecule has 1 aromatic carbocycles.